The topological polar surface area (TPSA) is 67.2 Å². The lowest BCUT2D eigenvalue weighted by Gasteiger charge is -2.12. The molecule has 126 valence electrons. The Labute approximate surface area is 148 Å². The summed E-state index contributed by atoms with van der Waals surface area (Å²) >= 11 is 6.80. The van der Waals surface area contributed by atoms with E-state index in [0.717, 1.165) is 17.1 Å². The lowest BCUT2D eigenvalue weighted by atomic mass is 10.2. The molecular formula is C16H16FN3O2S2. The summed E-state index contributed by atoms with van der Waals surface area (Å²) < 4.78 is 12.9. The third-order valence-electron chi connectivity index (χ3n) is 2.99. The van der Waals surface area contributed by atoms with Crippen molar-refractivity contribution in [2.75, 3.05) is 16.4 Å². The average molecular weight is 365 g/mol. The second-order valence-electron chi connectivity index (χ2n) is 4.87. The molecule has 0 aliphatic carbocycles. The SMILES string of the molecule is CCCSc1ccc([N+](=O)[O-])c(NC(=S)Nc2ccc(F)cc2)c1. The molecule has 8 heteroatoms. The summed E-state index contributed by atoms with van der Waals surface area (Å²) in [6.45, 7) is 2.07. The summed E-state index contributed by atoms with van der Waals surface area (Å²) in [6.07, 6.45) is 1.01. The van der Waals surface area contributed by atoms with Crippen molar-refractivity contribution >= 4 is 46.2 Å². The number of nitro benzene ring substituents is 1. The number of hydrogen-bond donors (Lipinski definition) is 2. The monoisotopic (exact) mass is 365 g/mol. The first kappa shape index (κ1) is 18.2. The Bertz CT molecular complexity index is 739. The molecule has 2 aromatic carbocycles. The van der Waals surface area contributed by atoms with Crippen LogP contribution in [0.5, 0.6) is 0 Å². The first-order valence-corrected chi connectivity index (χ1v) is 8.64. The van der Waals surface area contributed by atoms with Crippen LogP contribution in [0.3, 0.4) is 0 Å². The van der Waals surface area contributed by atoms with Crippen molar-refractivity contribution in [2.45, 2.75) is 18.2 Å². The standard InChI is InChI=1S/C16H16FN3O2S2/c1-2-9-24-13-7-8-15(20(21)22)14(10-13)19-16(23)18-12-5-3-11(17)4-6-12/h3-8,10H,2,9H2,1H3,(H2,18,19,23). The van der Waals surface area contributed by atoms with E-state index in [4.69, 9.17) is 12.2 Å². The van der Waals surface area contributed by atoms with Crippen molar-refractivity contribution in [3.63, 3.8) is 0 Å². The summed E-state index contributed by atoms with van der Waals surface area (Å²) in [4.78, 5) is 11.6. The molecule has 0 aliphatic rings. The lowest BCUT2D eigenvalue weighted by molar-refractivity contribution is -0.383. The molecule has 0 bridgehead atoms. The molecule has 0 unspecified atom stereocenters. The molecule has 0 saturated carbocycles. The zero-order valence-electron chi connectivity index (χ0n) is 12.9. The minimum atomic E-state index is -0.461. The quantitative estimate of drug-likeness (QED) is 0.323. The van der Waals surface area contributed by atoms with Gasteiger partial charge < -0.3 is 10.6 Å². The fraction of sp³-hybridized carbons (Fsp3) is 0.188. The summed E-state index contributed by atoms with van der Waals surface area (Å²) in [5.74, 6) is 0.575. The zero-order valence-corrected chi connectivity index (χ0v) is 14.5. The second-order valence-corrected chi connectivity index (χ2v) is 6.45. The molecule has 0 aromatic heterocycles. The number of nitrogens with zero attached hydrogens (tertiary/aromatic N) is 1. The van der Waals surface area contributed by atoms with Crippen LogP contribution in [0.25, 0.3) is 0 Å². The zero-order chi connectivity index (χ0) is 17.5. The van der Waals surface area contributed by atoms with Crippen molar-refractivity contribution in [1.82, 2.24) is 0 Å². The predicted molar refractivity (Wildman–Crippen MR) is 100 cm³/mol. The van der Waals surface area contributed by atoms with Crippen LogP contribution in [0.15, 0.2) is 47.4 Å². The highest BCUT2D eigenvalue weighted by atomic mass is 32.2. The molecule has 2 rings (SSSR count). The highest BCUT2D eigenvalue weighted by Gasteiger charge is 2.15. The van der Waals surface area contributed by atoms with Gasteiger partial charge in [0.05, 0.1) is 4.92 Å². The molecule has 0 amide bonds. The summed E-state index contributed by atoms with van der Waals surface area (Å²) in [7, 11) is 0. The molecule has 0 spiro atoms. The number of rotatable bonds is 6. The highest BCUT2D eigenvalue weighted by molar-refractivity contribution is 7.99. The van der Waals surface area contributed by atoms with Crippen LogP contribution in [0.4, 0.5) is 21.5 Å². The van der Waals surface area contributed by atoms with Crippen LogP contribution in [0.2, 0.25) is 0 Å². The molecule has 0 radical (unpaired) electrons. The van der Waals surface area contributed by atoms with Crippen LogP contribution >= 0.6 is 24.0 Å². The van der Waals surface area contributed by atoms with E-state index in [2.05, 4.69) is 17.6 Å². The number of nitrogens with one attached hydrogen (secondary N) is 2. The van der Waals surface area contributed by atoms with E-state index in [1.807, 2.05) is 0 Å². The molecule has 0 fully saturated rings. The van der Waals surface area contributed by atoms with Gasteiger partial charge in [0, 0.05) is 16.6 Å². The van der Waals surface area contributed by atoms with E-state index in [1.54, 1.807) is 23.9 Å². The van der Waals surface area contributed by atoms with Gasteiger partial charge in [-0.15, -0.1) is 11.8 Å². The van der Waals surface area contributed by atoms with Crippen molar-refractivity contribution in [3.05, 3.63) is 58.4 Å². The maximum absolute atomic E-state index is 12.9. The fourth-order valence-corrected chi connectivity index (χ4v) is 2.94. The Morgan fingerprint density at radius 3 is 2.58 bits per heavy atom. The number of benzene rings is 2. The van der Waals surface area contributed by atoms with Crippen molar-refractivity contribution in [1.29, 1.82) is 0 Å². The minimum absolute atomic E-state index is 0.0564. The predicted octanol–water partition coefficient (Wildman–Crippen LogP) is 5.04. The Morgan fingerprint density at radius 2 is 1.96 bits per heavy atom. The van der Waals surface area contributed by atoms with Gasteiger partial charge in [-0.3, -0.25) is 10.1 Å². The smallest absolute Gasteiger partial charge is 0.292 e. The normalized spacial score (nSPS) is 10.2. The van der Waals surface area contributed by atoms with E-state index in [0.29, 0.717) is 11.4 Å². The van der Waals surface area contributed by atoms with E-state index in [1.165, 1.54) is 30.3 Å². The van der Waals surface area contributed by atoms with Crippen molar-refractivity contribution in [3.8, 4) is 0 Å². The minimum Gasteiger partial charge on any atom is -0.332 e. The molecule has 0 saturated heterocycles. The number of anilines is 2. The van der Waals surface area contributed by atoms with Crippen LogP contribution in [0, 0.1) is 15.9 Å². The van der Waals surface area contributed by atoms with Gasteiger partial charge in [0.1, 0.15) is 11.5 Å². The number of thiocarbonyl (C=S) groups is 1. The third-order valence-corrected chi connectivity index (χ3v) is 4.39. The molecule has 0 aliphatic heterocycles. The number of hydrogen-bond acceptors (Lipinski definition) is 4. The van der Waals surface area contributed by atoms with E-state index in [9.17, 15) is 14.5 Å². The Balaban J connectivity index is 2.14. The Hall–Kier alpha value is -2.19. The van der Waals surface area contributed by atoms with Gasteiger partial charge in [-0.1, -0.05) is 6.92 Å². The molecule has 5 nitrogen and oxygen atoms in total. The third kappa shape index (κ3) is 5.17. The molecule has 2 N–H and O–H groups in total. The van der Waals surface area contributed by atoms with E-state index in [-0.39, 0.29) is 16.6 Å². The van der Waals surface area contributed by atoms with Crippen LogP contribution in [-0.4, -0.2) is 15.8 Å². The average Bonchev–Trinajstić information content (AvgIpc) is 2.55. The summed E-state index contributed by atoms with van der Waals surface area (Å²) in [6, 6.07) is 10.6. The van der Waals surface area contributed by atoms with E-state index < -0.39 is 4.92 Å². The first-order chi connectivity index (χ1) is 11.5. The number of nitro groups is 1. The largest absolute Gasteiger partial charge is 0.332 e. The van der Waals surface area contributed by atoms with Gasteiger partial charge in [-0.2, -0.15) is 0 Å². The van der Waals surface area contributed by atoms with Crippen molar-refractivity contribution < 1.29 is 9.31 Å². The number of halogens is 1. The number of thioether (sulfide) groups is 1. The van der Waals surface area contributed by atoms with Gasteiger partial charge in [-0.05, 0) is 60.8 Å². The van der Waals surface area contributed by atoms with Crippen molar-refractivity contribution in [2.24, 2.45) is 0 Å². The van der Waals surface area contributed by atoms with Gasteiger partial charge in [0.25, 0.3) is 5.69 Å². The van der Waals surface area contributed by atoms with Crippen LogP contribution in [0.1, 0.15) is 13.3 Å². The van der Waals surface area contributed by atoms with Gasteiger partial charge in [0.15, 0.2) is 5.11 Å². The maximum atomic E-state index is 12.9. The molecule has 0 atom stereocenters. The molecule has 0 heterocycles. The van der Waals surface area contributed by atoms with Crippen LogP contribution in [-0.2, 0) is 0 Å². The second kappa shape index (κ2) is 8.60. The van der Waals surface area contributed by atoms with Crippen LogP contribution < -0.4 is 10.6 Å². The van der Waals surface area contributed by atoms with Gasteiger partial charge in [0.2, 0.25) is 0 Å². The summed E-state index contributed by atoms with van der Waals surface area (Å²) in [5.41, 5.74) is 0.855. The summed E-state index contributed by atoms with van der Waals surface area (Å²) in [5, 5.41) is 17.1. The molecule has 2 aromatic rings. The Morgan fingerprint density at radius 1 is 1.25 bits per heavy atom. The van der Waals surface area contributed by atoms with Gasteiger partial charge in [-0.25, -0.2) is 4.39 Å². The van der Waals surface area contributed by atoms with E-state index >= 15 is 0 Å². The van der Waals surface area contributed by atoms with Gasteiger partial charge >= 0.3 is 0 Å². The molecular weight excluding hydrogens is 349 g/mol. The maximum Gasteiger partial charge on any atom is 0.292 e. The molecule has 24 heavy (non-hydrogen) atoms. The fourth-order valence-electron chi connectivity index (χ4n) is 1.90. The highest BCUT2D eigenvalue weighted by Crippen LogP contribution is 2.30. The lowest BCUT2D eigenvalue weighted by Crippen LogP contribution is -2.19. The Kier molecular flexibility index (Phi) is 6.51. The first-order valence-electron chi connectivity index (χ1n) is 7.24.